The van der Waals surface area contributed by atoms with E-state index in [-0.39, 0.29) is 65.7 Å². The molecule has 11 heterocycles. The van der Waals surface area contributed by atoms with Crippen LogP contribution in [0.5, 0.6) is 0 Å². The Morgan fingerprint density at radius 2 is 0.862 bits per heavy atom. The highest BCUT2D eigenvalue weighted by atomic mass is 32.1. The second kappa shape index (κ2) is 28.6. The highest BCUT2D eigenvalue weighted by molar-refractivity contribution is 7.19. The number of carbonyl (C=O) groups excluding carboxylic acids is 2. The molecular formula is C58H66F3N17O6S3. The van der Waals surface area contributed by atoms with E-state index in [0.717, 1.165) is 47.4 Å². The molecule has 23 nitrogen and oxygen atoms in total. The number of anilines is 3. The Kier molecular flexibility index (Phi) is 20.8. The molecule has 1 aliphatic carbocycles. The summed E-state index contributed by atoms with van der Waals surface area (Å²) < 4.78 is 52.7. The van der Waals surface area contributed by atoms with Crippen LogP contribution in [0.4, 0.5) is 31.0 Å². The fraction of sp³-hybridized carbons (Fsp3) is 0.431. The molecule has 2 saturated heterocycles. The van der Waals surface area contributed by atoms with E-state index in [1.165, 1.54) is 84.1 Å². The van der Waals surface area contributed by atoms with E-state index >= 15 is 0 Å². The number of fused-ring (bicyclic) bond motifs is 3. The summed E-state index contributed by atoms with van der Waals surface area (Å²) in [5.74, 6) is -1.05. The number of amides is 2. The van der Waals surface area contributed by atoms with Crippen LogP contribution < -0.4 is 16.0 Å². The number of ether oxygens (including phenoxy) is 2. The van der Waals surface area contributed by atoms with Crippen molar-refractivity contribution in [1.82, 2.24) is 69.6 Å². The molecule has 458 valence electrons. The number of nitrogens with zero attached hydrogens (tertiary/aromatic N) is 14. The van der Waals surface area contributed by atoms with Gasteiger partial charge in [-0.25, -0.2) is 47.9 Å². The average molecular weight is 1250 g/mol. The molecule has 29 heteroatoms. The van der Waals surface area contributed by atoms with Crippen molar-refractivity contribution in [3.63, 3.8) is 0 Å². The standard InChI is InChI=1S/2C19H21FN6O2S.C14H12FN5O2S.C6H12/c2*1-10(12-6-13(20)8-21-7-12)22-19-24-15(16-17(25-19)23-11(2)29-16)18(27)26-5-4-14(9-26)28-3;1-6(8-3-9(15)5-16-4-8)17-14-19-10(13(21)22)11-12(20-14)18-7(2)23-11;1-6-4-2-3-5-6/h2*6-8,10,14H,4-5,9H2,1-3H3,(H,22,24,25);3-6H,1-2H3,(H,21,22)(H,17,19,20);6H,2-5H2,1H3/t2*10-,14+;6-;/m000./s1. The number of aromatic carboxylic acids is 1. The lowest BCUT2D eigenvalue weighted by atomic mass is 10.1. The van der Waals surface area contributed by atoms with Crippen molar-refractivity contribution < 1.29 is 42.1 Å². The maximum atomic E-state index is 13.5. The van der Waals surface area contributed by atoms with Crippen LogP contribution in [0.1, 0.15) is 148 Å². The van der Waals surface area contributed by atoms with E-state index in [9.17, 15) is 32.7 Å². The van der Waals surface area contributed by atoms with Gasteiger partial charge in [-0.3, -0.25) is 24.5 Å². The second-order valence-electron chi connectivity index (χ2n) is 21.2. The third-order valence-corrected chi connectivity index (χ3v) is 17.5. The number of hydrogen-bond acceptors (Lipinski definition) is 23. The fourth-order valence-corrected chi connectivity index (χ4v) is 12.4. The van der Waals surface area contributed by atoms with Gasteiger partial charge in [0.2, 0.25) is 17.8 Å². The molecule has 3 aliphatic rings. The van der Waals surface area contributed by atoms with Crippen LogP contribution in [0.2, 0.25) is 0 Å². The zero-order chi connectivity index (χ0) is 62.1. The normalized spacial score (nSPS) is 16.8. The van der Waals surface area contributed by atoms with E-state index < -0.39 is 23.4 Å². The molecule has 2 aliphatic heterocycles. The van der Waals surface area contributed by atoms with Gasteiger partial charge in [0.25, 0.3) is 11.8 Å². The third kappa shape index (κ3) is 16.1. The van der Waals surface area contributed by atoms with Crippen molar-refractivity contribution in [2.24, 2.45) is 5.92 Å². The molecule has 0 spiro atoms. The number of aryl methyl sites for hydroxylation is 3. The number of halogens is 3. The first-order valence-corrected chi connectivity index (χ1v) is 30.6. The summed E-state index contributed by atoms with van der Waals surface area (Å²) in [4.78, 5) is 91.9. The van der Waals surface area contributed by atoms with Crippen LogP contribution in [-0.4, -0.2) is 145 Å². The van der Waals surface area contributed by atoms with Crippen LogP contribution >= 0.6 is 34.0 Å². The van der Waals surface area contributed by atoms with Crippen LogP contribution in [0.3, 0.4) is 0 Å². The average Bonchev–Trinajstić information content (AvgIpc) is 2.10. The molecule has 5 atom stereocenters. The Bertz CT molecular complexity index is 3740. The molecule has 87 heavy (non-hydrogen) atoms. The number of pyridine rings is 3. The van der Waals surface area contributed by atoms with Crippen molar-refractivity contribution in [3.8, 4) is 0 Å². The van der Waals surface area contributed by atoms with E-state index in [2.05, 4.69) is 82.7 Å². The number of rotatable bonds is 14. The topological polar surface area (TPSA) is 287 Å². The summed E-state index contributed by atoms with van der Waals surface area (Å²) in [7, 11) is 3.30. The molecule has 0 unspecified atom stereocenters. The minimum absolute atomic E-state index is 0.0394. The molecule has 12 rings (SSSR count). The molecule has 9 aromatic heterocycles. The summed E-state index contributed by atoms with van der Waals surface area (Å²) in [5.41, 5.74) is 3.71. The number of nitrogens with one attached hydrogen (secondary N) is 3. The van der Waals surface area contributed by atoms with Crippen LogP contribution in [0.25, 0.3) is 31.0 Å². The zero-order valence-electron chi connectivity index (χ0n) is 49.3. The summed E-state index contributed by atoms with van der Waals surface area (Å²) in [6.07, 6.45) is 15.7. The van der Waals surface area contributed by atoms with Crippen LogP contribution in [0, 0.1) is 44.1 Å². The highest BCUT2D eigenvalue weighted by Crippen LogP contribution is 2.31. The third-order valence-electron chi connectivity index (χ3n) is 14.6. The molecule has 1 saturated carbocycles. The lowest BCUT2D eigenvalue weighted by molar-refractivity contribution is 0.0690. The molecule has 0 bridgehead atoms. The number of hydrogen-bond donors (Lipinski definition) is 4. The van der Waals surface area contributed by atoms with Gasteiger partial charge in [-0.05, 0) is 95.2 Å². The van der Waals surface area contributed by atoms with Gasteiger partial charge in [-0.1, -0.05) is 32.6 Å². The van der Waals surface area contributed by atoms with Gasteiger partial charge in [0.1, 0.15) is 31.6 Å². The fourth-order valence-electron chi connectivity index (χ4n) is 9.88. The molecule has 3 fully saturated rings. The SMILES string of the molecule is CC1CCCC1.CO[C@@H]1CCN(C(=O)c2nc(N[C@@H](C)c3cncc(F)c3)nc3nc(C)sc23)C1.CO[C@@H]1CCN(C(=O)c2nc(N[C@@H](C)c3cncc(F)c3)nc3nc(C)sc23)C1.Cc1nc2nc(N[C@@H](C)c3cncc(F)c3)nc(C(=O)O)c2s1. The first-order chi connectivity index (χ1) is 41.7. The largest absolute Gasteiger partial charge is 0.476 e. The molecule has 4 N–H and O–H groups in total. The Hall–Kier alpha value is -8.12. The Balaban J connectivity index is 0.000000149. The van der Waals surface area contributed by atoms with Crippen molar-refractivity contribution in [1.29, 1.82) is 0 Å². The smallest absolute Gasteiger partial charge is 0.356 e. The predicted octanol–water partition coefficient (Wildman–Crippen LogP) is 10.9. The lowest BCUT2D eigenvalue weighted by Crippen LogP contribution is -2.31. The van der Waals surface area contributed by atoms with Gasteiger partial charge >= 0.3 is 5.97 Å². The Morgan fingerprint density at radius 3 is 1.15 bits per heavy atom. The number of aromatic nitrogens is 12. The highest BCUT2D eigenvalue weighted by Gasteiger charge is 2.32. The predicted molar refractivity (Wildman–Crippen MR) is 326 cm³/mol. The monoisotopic (exact) mass is 1250 g/mol. The Morgan fingerprint density at radius 1 is 0.529 bits per heavy atom. The van der Waals surface area contributed by atoms with Crippen molar-refractivity contribution in [2.45, 2.75) is 117 Å². The van der Waals surface area contributed by atoms with Gasteiger partial charge in [0.05, 0.1) is 63.9 Å². The van der Waals surface area contributed by atoms with E-state index in [1.807, 2.05) is 27.7 Å². The summed E-state index contributed by atoms with van der Waals surface area (Å²) in [6.45, 7) is 15.6. The number of likely N-dealkylation sites (tertiary alicyclic amines) is 2. The molecule has 0 aromatic carbocycles. The number of thiazole rings is 3. The van der Waals surface area contributed by atoms with Crippen LogP contribution in [-0.2, 0) is 9.47 Å². The van der Waals surface area contributed by atoms with Crippen molar-refractivity contribution in [2.75, 3.05) is 56.3 Å². The van der Waals surface area contributed by atoms with E-state index in [1.54, 1.807) is 50.3 Å². The van der Waals surface area contributed by atoms with Gasteiger partial charge in [0.15, 0.2) is 34.0 Å². The number of carbonyl (C=O) groups is 3. The molecule has 0 radical (unpaired) electrons. The van der Waals surface area contributed by atoms with Crippen molar-refractivity contribution in [3.05, 3.63) is 122 Å². The van der Waals surface area contributed by atoms with E-state index in [0.29, 0.717) is 90.3 Å². The minimum atomic E-state index is -1.15. The molecule has 9 aromatic rings. The number of carboxylic acid groups (broad SMARTS) is 1. The van der Waals surface area contributed by atoms with E-state index in [4.69, 9.17) is 9.47 Å². The maximum absolute atomic E-state index is 13.5. The van der Waals surface area contributed by atoms with Crippen LogP contribution in [0.15, 0.2) is 55.4 Å². The van der Waals surface area contributed by atoms with Gasteiger partial charge in [0, 0.05) is 59.0 Å². The zero-order valence-corrected chi connectivity index (χ0v) is 51.8. The quantitative estimate of drug-likeness (QED) is 0.0787. The maximum Gasteiger partial charge on any atom is 0.356 e. The van der Waals surface area contributed by atoms with Gasteiger partial charge in [-0.15, -0.1) is 34.0 Å². The first kappa shape index (κ1) is 63.4. The summed E-state index contributed by atoms with van der Waals surface area (Å²) >= 11 is 4.02. The van der Waals surface area contributed by atoms with Gasteiger partial charge < -0.3 is 40.3 Å². The number of carboxylic acids is 1. The second-order valence-corrected chi connectivity index (χ2v) is 24.9. The molecular weight excluding hydrogens is 1180 g/mol. The van der Waals surface area contributed by atoms with Gasteiger partial charge in [-0.2, -0.15) is 15.0 Å². The summed E-state index contributed by atoms with van der Waals surface area (Å²) in [5, 5.41) is 20.8. The van der Waals surface area contributed by atoms with Crippen molar-refractivity contribution >= 4 is 101 Å². The summed E-state index contributed by atoms with van der Waals surface area (Å²) in [6, 6.07) is 3.19. The first-order valence-electron chi connectivity index (χ1n) is 28.2. The Labute approximate surface area is 511 Å². The number of methoxy groups -OCH3 is 2. The lowest BCUT2D eigenvalue weighted by Gasteiger charge is -2.17. The minimum Gasteiger partial charge on any atom is -0.476 e. The molecule has 2 amide bonds.